The van der Waals surface area contributed by atoms with Crippen molar-refractivity contribution in [2.45, 2.75) is 44.7 Å². The van der Waals surface area contributed by atoms with Crippen molar-refractivity contribution < 1.29 is 22.7 Å². The van der Waals surface area contributed by atoms with Crippen LogP contribution in [0.3, 0.4) is 0 Å². The molecule has 0 saturated carbocycles. The molecule has 0 bridgehead atoms. The van der Waals surface area contributed by atoms with Crippen molar-refractivity contribution in [1.82, 2.24) is 10.2 Å². The first-order chi connectivity index (χ1) is 18.2. The number of ether oxygens (including phenoxy) is 1. The third kappa shape index (κ3) is 6.92. The van der Waals surface area contributed by atoms with Gasteiger partial charge in [-0.1, -0.05) is 55.0 Å². The predicted octanol–water partition coefficient (Wildman–Crippen LogP) is 4.14. The van der Waals surface area contributed by atoms with Crippen molar-refractivity contribution in [1.29, 1.82) is 0 Å². The first-order valence-corrected chi connectivity index (χ1v) is 14.0. The second kappa shape index (κ2) is 13.1. The molecule has 38 heavy (non-hydrogen) atoms. The summed E-state index contributed by atoms with van der Waals surface area (Å²) in [6.07, 6.45) is 0.365. The molecule has 0 heterocycles. The van der Waals surface area contributed by atoms with Gasteiger partial charge in [0.25, 0.3) is 10.0 Å². The van der Waals surface area contributed by atoms with Gasteiger partial charge < -0.3 is 15.0 Å². The molecular weight excluding hydrogens is 502 g/mol. The molecule has 0 aliphatic heterocycles. The standard InChI is InChI=1S/C29H35N3O5S/c1-5-27(29(34)30-6-2)31(20-23-14-16-25(37-4)17-15-23)28(33)21-32(24-10-8-7-9-11-24)38(35,36)26-18-12-22(3)13-19-26/h7-19,27H,5-6,20-21H2,1-4H3,(H,30,34)/t27-/m0/s1. The van der Waals surface area contributed by atoms with Crippen molar-refractivity contribution in [3.63, 3.8) is 0 Å². The van der Waals surface area contributed by atoms with Crippen LogP contribution in [-0.2, 0) is 26.2 Å². The quantitative estimate of drug-likeness (QED) is 0.375. The fourth-order valence-electron chi connectivity index (χ4n) is 4.10. The van der Waals surface area contributed by atoms with E-state index in [1.165, 1.54) is 17.0 Å². The molecule has 3 aromatic rings. The van der Waals surface area contributed by atoms with Gasteiger partial charge in [-0.15, -0.1) is 0 Å². The van der Waals surface area contributed by atoms with Gasteiger partial charge in [0, 0.05) is 13.1 Å². The summed E-state index contributed by atoms with van der Waals surface area (Å²) >= 11 is 0. The van der Waals surface area contributed by atoms with Gasteiger partial charge in [0.1, 0.15) is 18.3 Å². The highest BCUT2D eigenvalue weighted by atomic mass is 32.2. The number of benzene rings is 3. The van der Waals surface area contributed by atoms with Crippen LogP contribution < -0.4 is 14.4 Å². The van der Waals surface area contributed by atoms with E-state index >= 15 is 0 Å². The predicted molar refractivity (Wildman–Crippen MR) is 148 cm³/mol. The van der Waals surface area contributed by atoms with Crippen LogP contribution in [0.2, 0.25) is 0 Å². The number of hydrogen-bond donors (Lipinski definition) is 1. The van der Waals surface area contributed by atoms with Gasteiger partial charge in [-0.2, -0.15) is 0 Å². The van der Waals surface area contributed by atoms with Crippen LogP contribution in [0.1, 0.15) is 31.4 Å². The number of amides is 2. The van der Waals surface area contributed by atoms with Crippen molar-refractivity contribution in [2.75, 3.05) is 24.5 Å². The van der Waals surface area contributed by atoms with Gasteiger partial charge in [0.2, 0.25) is 11.8 Å². The zero-order valence-electron chi connectivity index (χ0n) is 22.3. The van der Waals surface area contributed by atoms with Crippen LogP contribution in [0, 0.1) is 6.92 Å². The minimum Gasteiger partial charge on any atom is -0.497 e. The van der Waals surface area contributed by atoms with Crippen LogP contribution in [-0.4, -0.2) is 51.4 Å². The smallest absolute Gasteiger partial charge is 0.264 e. The van der Waals surface area contributed by atoms with Crippen molar-refractivity contribution >= 4 is 27.5 Å². The molecule has 0 aromatic heterocycles. The SMILES string of the molecule is CCNC(=O)[C@H](CC)N(Cc1ccc(OC)cc1)C(=O)CN(c1ccccc1)S(=O)(=O)c1ccc(C)cc1. The second-order valence-electron chi connectivity index (χ2n) is 8.85. The Kier molecular flexibility index (Phi) is 9.90. The number of sulfonamides is 1. The number of carbonyl (C=O) groups excluding carboxylic acids is 2. The zero-order valence-corrected chi connectivity index (χ0v) is 23.1. The number of nitrogens with one attached hydrogen (secondary N) is 1. The molecule has 2 amide bonds. The minimum atomic E-state index is -4.08. The normalized spacial score (nSPS) is 11.9. The molecule has 0 aliphatic rings. The third-order valence-corrected chi connectivity index (χ3v) is 7.97. The number of likely N-dealkylation sites (N-methyl/N-ethyl adjacent to an activating group) is 1. The third-order valence-electron chi connectivity index (χ3n) is 6.18. The van der Waals surface area contributed by atoms with Crippen LogP contribution in [0.25, 0.3) is 0 Å². The maximum Gasteiger partial charge on any atom is 0.264 e. The van der Waals surface area contributed by atoms with Crippen LogP contribution in [0.4, 0.5) is 5.69 Å². The molecule has 0 fully saturated rings. The Morgan fingerprint density at radius 3 is 2.11 bits per heavy atom. The Morgan fingerprint density at radius 1 is 0.921 bits per heavy atom. The monoisotopic (exact) mass is 537 g/mol. The van der Waals surface area contributed by atoms with Crippen LogP contribution in [0.15, 0.2) is 83.8 Å². The fraction of sp³-hybridized carbons (Fsp3) is 0.310. The molecule has 0 spiro atoms. The zero-order chi connectivity index (χ0) is 27.7. The number of nitrogens with zero attached hydrogens (tertiary/aromatic N) is 2. The van der Waals surface area contributed by atoms with Gasteiger partial charge in [0.05, 0.1) is 17.7 Å². The molecule has 0 aliphatic carbocycles. The number of methoxy groups -OCH3 is 1. The van der Waals surface area contributed by atoms with Crippen LogP contribution >= 0.6 is 0 Å². The van der Waals surface area contributed by atoms with Gasteiger partial charge in [-0.25, -0.2) is 8.42 Å². The summed E-state index contributed by atoms with van der Waals surface area (Å²) in [5.41, 5.74) is 2.07. The van der Waals surface area contributed by atoms with E-state index < -0.39 is 28.5 Å². The Balaban J connectivity index is 2.02. The average Bonchev–Trinajstić information content (AvgIpc) is 2.92. The Hall–Kier alpha value is -3.85. The van der Waals surface area contributed by atoms with Gasteiger partial charge >= 0.3 is 0 Å². The molecule has 0 saturated heterocycles. The summed E-state index contributed by atoms with van der Waals surface area (Å²) in [6, 6.07) is 21.4. The molecule has 3 aromatic carbocycles. The molecule has 9 heteroatoms. The number of para-hydroxylation sites is 1. The highest BCUT2D eigenvalue weighted by molar-refractivity contribution is 7.92. The molecule has 3 rings (SSSR count). The largest absolute Gasteiger partial charge is 0.497 e. The van der Waals surface area contributed by atoms with E-state index in [0.717, 1.165) is 15.4 Å². The van der Waals surface area contributed by atoms with Gasteiger partial charge in [0.15, 0.2) is 0 Å². The fourth-order valence-corrected chi connectivity index (χ4v) is 5.51. The summed E-state index contributed by atoms with van der Waals surface area (Å²) in [5, 5.41) is 2.80. The van der Waals surface area contributed by atoms with E-state index in [1.54, 1.807) is 61.7 Å². The Morgan fingerprint density at radius 2 is 1.55 bits per heavy atom. The lowest BCUT2D eigenvalue weighted by Gasteiger charge is -2.33. The van der Waals surface area contributed by atoms with E-state index in [0.29, 0.717) is 24.4 Å². The van der Waals surface area contributed by atoms with E-state index in [9.17, 15) is 18.0 Å². The molecule has 0 unspecified atom stereocenters. The first kappa shape index (κ1) is 28.7. The Bertz CT molecular complexity index is 1310. The topological polar surface area (TPSA) is 96.0 Å². The maximum atomic E-state index is 13.9. The number of hydrogen-bond acceptors (Lipinski definition) is 5. The summed E-state index contributed by atoms with van der Waals surface area (Å²) < 4.78 is 33.9. The number of carbonyl (C=O) groups is 2. The molecule has 1 N–H and O–H groups in total. The van der Waals surface area contributed by atoms with E-state index in [4.69, 9.17) is 4.74 Å². The van der Waals surface area contributed by atoms with E-state index in [-0.39, 0.29) is 17.3 Å². The lowest BCUT2D eigenvalue weighted by atomic mass is 10.1. The number of aryl methyl sites for hydroxylation is 1. The summed E-state index contributed by atoms with van der Waals surface area (Å²) in [7, 11) is -2.51. The van der Waals surface area contributed by atoms with Crippen molar-refractivity contribution in [2.24, 2.45) is 0 Å². The van der Waals surface area contributed by atoms with Crippen molar-refractivity contribution in [3.05, 3.63) is 90.0 Å². The molecule has 0 radical (unpaired) electrons. The molecule has 202 valence electrons. The molecule has 1 atom stereocenters. The van der Waals surface area contributed by atoms with E-state index in [1.807, 2.05) is 32.9 Å². The van der Waals surface area contributed by atoms with Gasteiger partial charge in [-0.05, 0) is 62.2 Å². The van der Waals surface area contributed by atoms with Crippen molar-refractivity contribution in [3.8, 4) is 5.75 Å². The Labute approximate surface area is 225 Å². The number of anilines is 1. The van der Waals surface area contributed by atoms with Gasteiger partial charge in [-0.3, -0.25) is 13.9 Å². The summed E-state index contributed by atoms with van der Waals surface area (Å²) in [4.78, 5) is 28.4. The van der Waals surface area contributed by atoms with E-state index in [2.05, 4.69) is 5.32 Å². The highest BCUT2D eigenvalue weighted by Gasteiger charge is 2.33. The average molecular weight is 538 g/mol. The summed E-state index contributed by atoms with van der Waals surface area (Å²) in [5.74, 6) is -0.107. The maximum absolute atomic E-state index is 13.9. The lowest BCUT2D eigenvalue weighted by Crippen LogP contribution is -2.52. The highest BCUT2D eigenvalue weighted by Crippen LogP contribution is 2.25. The minimum absolute atomic E-state index is 0.0808. The summed E-state index contributed by atoms with van der Waals surface area (Å²) in [6.45, 7) is 5.59. The van der Waals surface area contributed by atoms with Crippen LogP contribution in [0.5, 0.6) is 5.75 Å². The molecule has 8 nitrogen and oxygen atoms in total. The molecular formula is C29H35N3O5S. The number of rotatable bonds is 12. The lowest BCUT2D eigenvalue weighted by molar-refractivity contribution is -0.140. The second-order valence-corrected chi connectivity index (χ2v) is 10.7. The first-order valence-electron chi connectivity index (χ1n) is 12.6.